The summed E-state index contributed by atoms with van der Waals surface area (Å²) < 4.78 is 13.2. The summed E-state index contributed by atoms with van der Waals surface area (Å²) >= 11 is 0. The van der Waals surface area contributed by atoms with E-state index in [4.69, 9.17) is 4.98 Å². The summed E-state index contributed by atoms with van der Waals surface area (Å²) in [4.78, 5) is 13.6. The van der Waals surface area contributed by atoms with Crippen LogP contribution in [0.3, 0.4) is 0 Å². The molecule has 7 heteroatoms. The van der Waals surface area contributed by atoms with Gasteiger partial charge in [0.25, 0.3) is 0 Å². The molecule has 0 saturated carbocycles. The van der Waals surface area contributed by atoms with Crippen LogP contribution in [0, 0.1) is 12.7 Å². The first-order valence-electron chi connectivity index (χ1n) is 8.32. The van der Waals surface area contributed by atoms with Crippen molar-refractivity contribution >= 4 is 41.5 Å². The smallest absolute Gasteiger partial charge is 0.163 e. The highest BCUT2D eigenvalue weighted by Crippen LogP contribution is 2.31. The molecule has 28 heavy (non-hydrogen) atoms. The van der Waals surface area contributed by atoms with Crippen LogP contribution in [0.25, 0.3) is 33.4 Å². The Morgan fingerprint density at radius 1 is 0.893 bits per heavy atom. The van der Waals surface area contributed by atoms with Gasteiger partial charge < -0.3 is 5.32 Å². The second-order valence-corrected chi connectivity index (χ2v) is 6.08. The van der Waals surface area contributed by atoms with Crippen LogP contribution < -0.4 is 5.32 Å². The van der Waals surface area contributed by atoms with E-state index in [2.05, 4.69) is 21.4 Å². The molecule has 0 atom stereocenters. The van der Waals surface area contributed by atoms with E-state index in [1.165, 1.54) is 12.1 Å². The molecule has 4 nitrogen and oxygen atoms in total. The van der Waals surface area contributed by atoms with Crippen LogP contribution in [-0.2, 0) is 0 Å². The van der Waals surface area contributed by atoms with Gasteiger partial charge in [-0.2, -0.15) is 0 Å². The minimum Gasteiger partial charge on any atom is -0.373 e. The summed E-state index contributed by atoms with van der Waals surface area (Å²) in [7, 11) is 1.84. The molecule has 0 aliphatic heterocycles. The van der Waals surface area contributed by atoms with Crippen LogP contribution >= 0.6 is 24.8 Å². The fraction of sp³-hybridized carbons (Fsp3) is 0.0952. The van der Waals surface area contributed by atoms with Crippen molar-refractivity contribution in [2.45, 2.75) is 6.92 Å². The van der Waals surface area contributed by atoms with Crippen molar-refractivity contribution in [3.8, 4) is 22.5 Å². The molecular formula is C21H19Cl2FN4. The van der Waals surface area contributed by atoms with Crippen LogP contribution in [0.4, 0.5) is 10.2 Å². The number of pyridine rings is 1. The second kappa shape index (κ2) is 8.95. The van der Waals surface area contributed by atoms with E-state index in [1.54, 1.807) is 24.5 Å². The van der Waals surface area contributed by atoms with Crippen molar-refractivity contribution in [1.29, 1.82) is 0 Å². The molecule has 0 spiro atoms. The van der Waals surface area contributed by atoms with Gasteiger partial charge in [0.2, 0.25) is 0 Å². The van der Waals surface area contributed by atoms with Gasteiger partial charge in [-0.05, 0) is 60.0 Å². The van der Waals surface area contributed by atoms with Crippen molar-refractivity contribution < 1.29 is 4.39 Å². The molecule has 2 aromatic heterocycles. The summed E-state index contributed by atoms with van der Waals surface area (Å²) in [5.74, 6) is 1.14. The molecular weight excluding hydrogens is 398 g/mol. The minimum atomic E-state index is -0.244. The monoisotopic (exact) mass is 416 g/mol. The second-order valence-electron chi connectivity index (χ2n) is 6.08. The Kier molecular flexibility index (Phi) is 6.89. The van der Waals surface area contributed by atoms with E-state index in [-0.39, 0.29) is 30.6 Å². The van der Waals surface area contributed by atoms with Gasteiger partial charge in [0.1, 0.15) is 11.6 Å². The standard InChI is InChI=1S/C21H17FN4.2ClH/c1-13-10-16(14-5-7-17(22)8-6-14)11-18-19(13)25-20(26-21(18)23-2)15-4-3-9-24-12-15;;/h3-12H,1-2H3,(H,23,25,26);2*1H. The molecule has 4 rings (SSSR count). The highest BCUT2D eigenvalue weighted by atomic mass is 35.5. The Hall–Kier alpha value is -2.76. The highest BCUT2D eigenvalue weighted by molar-refractivity contribution is 5.95. The summed E-state index contributed by atoms with van der Waals surface area (Å²) in [6, 6.07) is 14.4. The summed E-state index contributed by atoms with van der Waals surface area (Å²) in [5.41, 5.74) is 4.74. The van der Waals surface area contributed by atoms with E-state index in [1.807, 2.05) is 32.2 Å². The van der Waals surface area contributed by atoms with E-state index in [9.17, 15) is 4.39 Å². The van der Waals surface area contributed by atoms with Crippen LogP contribution in [0.2, 0.25) is 0 Å². The third-order valence-corrected chi connectivity index (χ3v) is 4.33. The summed E-state index contributed by atoms with van der Waals surface area (Å²) in [6.07, 6.45) is 3.48. The molecule has 0 fully saturated rings. The van der Waals surface area contributed by atoms with Gasteiger partial charge in [0, 0.05) is 30.4 Å². The van der Waals surface area contributed by atoms with Crippen LogP contribution in [0.1, 0.15) is 5.56 Å². The maximum absolute atomic E-state index is 13.2. The predicted molar refractivity (Wildman–Crippen MR) is 117 cm³/mol. The Morgan fingerprint density at radius 3 is 2.29 bits per heavy atom. The molecule has 0 aliphatic carbocycles. The zero-order valence-corrected chi connectivity index (χ0v) is 16.9. The number of aromatic nitrogens is 3. The number of hydrogen-bond acceptors (Lipinski definition) is 4. The normalized spacial score (nSPS) is 10.1. The Morgan fingerprint density at radius 2 is 1.64 bits per heavy atom. The number of hydrogen-bond donors (Lipinski definition) is 1. The first kappa shape index (κ1) is 21.5. The Balaban J connectivity index is 0.00000140. The van der Waals surface area contributed by atoms with Crippen molar-refractivity contribution in [3.63, 3.8) is 0 Å². The molecule has 0 unspecified atom stereocenters. The molecule has 0 bridgehead atoms. The van der Waals surface area contributed by atoms with Crippen LogP contribution in [0.5, 0.6) is 0 Å². The first-order chi connectivity index (χ1) is 12.7. The molecule has 144 valence electrons. The topological polar surface area (TPSA) is 50.7 Å². The molecule has 4 aromatic rings. The SMILES string of the molecule is CNc1nc(-c2cccnc2)nc2c(C)cc(-c3ccc(F)cc3)cc12.Cl.Cl. The van der Waals surface area contributed by atoms with Crippen molar-refractivity contribution in [1.82, 2.24) is 15.0 Å². The zero-order chi connectivity index (χ0) is 18.1. The molecule has 0 radical (unpaired) electrons. The number of anilines is 1. The van der Waals surface area contributed by atoms with E-state index in [0.29, 0.717) is 5.82 Å². The fourth-order valence-corrected chi connectivity index (χ4v) is 3.03. The molecule has 1 N–H and O–H groups in total. The Bertz CT molecular complexity index is 1090. The summed E-state index contributed by atoms with van der Waals surface area (Å²) in [5, 5.41) is 4.09. The number of rotatable bonds is 3. The largest absolute Gasteiger partial charge is 0.373 e. The minimum absolute atomic E-state index is 0. The van der Waals surface area contributed by atoms with Crippen LogP contribution in [0.15, 0.2) is 60.9 Å². The molecule has 0 saturated heterocycles. The maximum atomic E-state index is 13.2. The lowest BCUT2D eigenvalue weighted by atomic mass is 10.00. The van der Waals surface area contributed by atoms with Gasteiger partial charge in [-0.15, -0.1) is 24.8 Å². The van der Waals surface area contributed by atoms with E-state index >= 15 is 0 Å². The van der Waals surface area contributed by atoms with Crippen molar-refractivity contribution in [3.05, 3.63) is 72.3 Å². The van der Waals surface area contributed by atoms with Gasteiger partial charge in [0.05, 0.1) is 5.52 Å². The average molecular weight is 417 g/mol. The lowest BCUT2D eigenvalue weighted by molar-refractivity contribution is 0.628. The molecule has 2 heterocycles. The lowest BCUT2D eigenvalue weighted by Crippen LogP contribution is -2.00. The van der Waals surface area contributed by atoms with Crippen molar-refractivity contribution in [2.24, 2.45) is 0 Å². The lowest BCUT2D eigenvalue weighted by Gasteiger charge is -2.12. The van der Waals surface area contributed by atoms with E-state index in [0.717, 1.165) is 39.0 Å². The molecule has 0 amide bonds. The third kappa shape index (κ3) is 4.06. The van der Waals surface area contributed by atoms with E-state index < -0.39 is 0 Å². The quantitative estimate of drug-likeness (QED) is 0.465. The highest BCUT2D eigenvalue weighted by Gasteiger charge is 2.12. The fourth-order valence-electron chi connectivity index (χ4n) is 3.03. The number of halogens is 3. The third-order valence-electron chi connectivity index (χ3n) is 4.33. The van der Waals surface area contributed by atoms with Gasteiger partial charge in [0.15, 0.2) is 5.82 Å². The number of aryl methyl sites for hydroxylation is 1. The summed E-state index contributed by atoms with van der Waals surface area (Å²) in [6.45, 7) is 2.02. The van der Waals surface area contributed by atoms with Gasteiger partial charge in [-0.25, -0.2) is 14.4 Å². The zero-order valence-electron chi connectivity index (χ0n) is 15.3. The van der Waals surface area contributed by atoms with Gasteiger partial charge in [-0.3, -0.25) is 4.98 Å². The molecule has 0 aliphatic rings. The van der Waals surface area contributed by atoms with Crippen molar-refractivity contribution in [2.75, 3.05) is 12.4 Å². The van der Waals surface area contributed by atoms with Crippen LogP contribution in [-0.4, -0.2) is 22.0 Å². The average Bonchev–Trinajstić information content (AvgIpc) is 2.68. The number of fused-ring (bicyclic) bond motifs is 1. The number of nitrogens with zero attached hydrogens (tertiary/aromatic N) is 3. The predicted octanol–water partition coefficient (Wildman–Crippen LogP) is 5.69. The Labute approximate surface area is 175 Å². The maximum Gasteiger partial charge on any atom is 0.163 e. The molecule has 2 aromatic carbocycles. The van der Waals surface area contributed by atoms with Gasteiger partial charge >= 0.3 is 0 Å². The van der Waals surface area contributed by atoms with Gasteiger partial charge in [-0.1, -0.05) is 12.1 Å². The number of benzene rings is 2. The first-order valence-corrected chi connectivity index (χ1v) is 8.32. The number of nitrogens with one attached hydrogen (secondary N) is 1.